The summed E-state index contributed by atoms with van der Waals surface area (Å²) >= 11 is 1.59. The Morgan fingerprint density at radius 2 is 1.95 bits per heavy atom. The van der Waals surface area contributed by atoms with Gasteiger partial charge in [0.2, 0.25) is 0 Å². The highest BCUT2D eigenvalue weighted by Gasteiger charge is 2.59. The first-order valence-corrected chi connectivity index (χ1v) is 16.6. The largest absolute Gasteiger partial charge is 0.481 e. The first kappa shape index (κ1) is 26.8. The smallest absolute Gasteiger partial charge is 0.303 e. The van der Waals surface area contributed by atoms with Gasteiger partial charge < -0.3 is 15.3 Å². The second kappa shape index (κ2) is 10.4. The number of nitrogens with zero attached hydrogens (tertiary/aromatic N) is 2. The van der Waals surface area contributed by atoms with Gasteiger partial charge in [-0.1, -0.05) is 6.92 Å². The molecule has 4 bridgehead atoms. The van der Waals surface area contributed by atoms with E-state index in [0.717, 1.165) is 56.6 Å². The van der Waals surface area contributed by atoms with Crippen LogP contribution in [0.3, 0.4) is 0 Å². The molecule has 8 nitrogen and oxygen atoms in total. The summed E-state index contributed by atoms with van der Waals surface area (Å²) < 4.78 is 24.8. The standard InChI is InChI=1S/C27H39N3O5S2/c1-3-9-36-26-21(6-7-22(28-26)30-8-4-5-17(16-30)12-23(31)32)25(33)29-24-19-10-18-11-20(24)15-27(13-18,14-19)37(2,34)35/h6-7,17-20,24H,3-5,8-16H2,1-2H3,(H,29,33)(H,31,32)/t17-,18?,19-,20-,24?,27?/m0/s1. The summed E-state index contributed by atoms with van der Waals surface area (Å²) in [4.78, 5) is 31.9. The number of piperidine rings is 1. The van der Waals surface area contributed by atoms with Gasteiger partial charge in [0.15, 0.2) is 9.84 Å². The number of aliphatic carboxylic acids is 1. The second-order valence-electron chi connectivity index (χ2n) is 11.8. The number of pyridine rings is 1. The molecular weight excluding hydrogens is 510 g/mol. The van der Waals surface area contributed by atoms with Crippen LogP contribution in [0.1, 0.15) is 75.1 Å². The summed E-state index contributed by atoms with van der Waals surface area (Å²) in [6.45, 7) is 3.60. The molecule has 1 saturated heterocycles. The maximum absolute atomic E-state index is 13.6. The third-order valence-electron chi connectivity index (χ3n) is 9.14. The SMILES string of the molecule is CCCSc1nc(N2CCC[C@@H](CC(=O)O)C2)ccc1C(=O)NC1[C@H]2CC3C[C@H]1CC(S(C)(=O)=O)(C3)C2. The lowest BCUT2D eigenvalue weighted by Gasteiger charge is -2.59. The Kier molecular flexibility index (Phi) is 7.53. The number of carboxylic acids is 1. The molecule has 4 saturated carbocycles. The molecular formula is C27H39N3O5S2. The molecule has 10 heteroatoms. The van der Waals surface area contributed by atoms with Crippen LogP contribution in [0.4, 0.5) is 5.82 Å². The summed E-state index contributed by atoms with van der Waals surface area (Å²) in [5.74, 6) is 1.75. The predicted molar refractivity (Wildman–Crippen MR) is 145 cm³/mol. The maximum atomic E-state index is 13.6. The zero-order valence-corrected chi connectivity index (χ0v) is 23.5. The van der Waals surface area contributed by atoms with E-state index in [0.29, 0.717) is 35.9 Å². The third-order valence-corrected chi connectivity index (χ3v) is 12.4. The average Bonchev–Trinajstić information content (AvgIpc) is 2.83. The van der Waals surface area contributed by atoms with Gasteiger partial charge in [-0.25, -0.2) is 13.4 Å². The summed E-state index contributed by atoms with van der Waals surface area (Å²) in [6.07, 6.45) is 8.46. The van der Waals surface area contributed by atoms with Gasteiger partial charge in [0.1, 0.15) is 10.8 Å². The molecule has 0 aromatic carbocycles. The fourth-order valence-corrected chi connectivity index (χ4v) is 10.1. The molecule has 1 aromatic rings. The van der Waals surface area contributed by atoms with Crippen molar-refractivity contribution in [3.63, 3.8) is 0 Å². The Morgan fingerprint density at radius 3 is 2.59 bits per heavy atom. The lowest BCUT2D eigenvalue weighted by molar-refractivity contribution is -0.138. The van der Waals surface area contributed by atoms with Crippen LogP contribution in [-0.2, 0) is 14.6 Å². The van der Waals surface area contributed by atoms with Crippen molar-refractivity contribution in [2.24, 2.45) is 23.7 Å². The number of carboxylic acid groups (broad SMARTS) is 1. The third kappa shape index (κ3) is 5.37. The zero-order chi connectivity index (χ0) is 26.4. The van der Waals surface area contributed by atoms with Crippen molar-refractivity contribution in [2.75, 3.05) is 30.0 Å². The Hall–Kier alpha value is -1.81. The number of amides is 1. The summed E-state index contributed by atoms with van der Waals surface area (Å²) in [6, 6.07) is 3.77. The van der Waals surface area contributed by atoms with Gasteiger partial charge in [0, 0.05) is 31.8 Å². The molecule has 2 heterocycles. The number of sulfone groups is 1. The van der Waals surface area contributed by atoms with Gasteiger partial charge in [-0.05, 0) is 92.9 Å². The molecule has 5 fully saturated rings. The highest BCUT2D eigenvalue weighted by Crippen LogP contribution is 2.58. The number of carbonyl (C=O) groups excluding carboxylic acids is 1. The van der Waals surface area contributed by atoms with E-state index in [1.807, 2.05) is 12.1 Å². The molecule has 1 aromatic heterocycles. The molecule has 6 rings (SSSR count). The normalized spacial score (nSPS) is 32.9. The molecule has 37 heavy (non-hydrogen) atoms. The lowest BCUT2D eigenvalue weighted by atomic mass is 9.53. The van der Waals surface area contributed by atoms with Gasteiger partial charge in [-0.2, -0.15) is 0 Å². The maximum Gasteiger partial charge on any atom is 0.303 e. The van der Waals surface area contributed by atoms with Crippen LogP contribution in [0.2, 0.25) is 0 Å². The van der Waals surface area contributed by atoms with Crippen LogP contribution < -0.4 is 10.2 Å². The van der Waals surface area contributed by atoms with E-state index in [9.17, 15) is 23.1 Å². The van der Waals surface area contributed by atoms with Crippen molar-refractivity contribution in [1.82, 2.24) is 10.3 Å². The van der Waals surface area contributed by atoms with Crippen LogP contribution in [0.25, 0.3) is 0 Å². The molecule has 3 atom stereocenters. The van der Waals surface area contributed by atoms with E-state index in [4.69, 9.17) is 4.98 Å². The first-order chi connectivity index (χ1) is 17.6. The van der Waals surface area contributed by atoms with Gasteiger partial charge >= 0.3 is 5.97 Å². The van der Waals surface area contributed by atoms with E-state index in [1.54, 1.807) is 11.8 Å². The number of hydrogen-bond acceptors (Lipinski definition) is 7. The number of carbonyl (C=O) groups is 2. The van der Waals surface area contributed by atoms with E-state index < -0.39 is 20.6 Å². The van der Waals surface area contributed by atoms with Crippen molar-refractivity contribution >= 4 is 39.3 Å². The number of hydrogen-bond donors (Lipinski definition) is 2. The van der Waals surface area contributed by atoms with Crippen molar-refractivity contribution < 1.29 is 23.1 Å². The predicted octanol–water partition coefficient (Wildman–Crippen LogP) is 4.00. The second-order valence-corrected chi connectivity index (χ2v) is 15.3. The monoisotopic (exact) mass is 549 g/mol. The lowest BCUT2D eigenvalue weighted by Crippen LogP contribution is -2.63. The van der Waals surface area contributed by atoms with Crippen LogP contribution in [0, 0.1) is 23.7 Å². The van der Waals surface area contributed by atoms with Crippen molar-refractivity contribution in [2.45, 2.75) is 80.5 Å². The Labute approximate surface area is 224 Å². The minimum atomic E-state index is -3.13. The topological polar surface area (TPSA) is 117 Å². The summed E-state index contributed by atoms with van der Waals surface area (Å²) in [5, 5.41) is 13.3. The summed E-state index contributed by atoms with van der Waals surface area (Å²) in [7, 11) is -3.13. The van der Waals surface area contributed by atoms with Gasteiger partial charge in [-0.3, -0.25) is 9.59 Å². The average molecular weight is 550 g/mol. The molecule has 5 aliphatic rings. The van der Waals surface area contributed by atoms with Crippen LogP contribution in [0.15, 0.2) is 17.2 Å². The van der Waals surface area contributed by atoms with Crippen LogP contribution in [0.5, 0.6) is 0 Å². The van der Waals surface area contributed by atoms with E-state index >= 15 is 0 Å². The molecule has 0 spiro atoms. The molecule has 0 radical (unpaired) electrons. The minimum Gasteiger partial charge on any atom is -0.481 e. The molecule has 204 valence electrons. The van der Waals surface area contributed by atoms with Crippen molar-refractivity contribution in [1.29, 1.82) is 0 Å². The number of aromatic nitrogens is 1. The fraction of sp³-hybridized carbons (Fsp3) is 0.741. The number of nitrogens with one attached hydrogen (secondary N) is 1. The van der Waals surface area contributed by atoms with E-state index in [2.05, 4.69) is 17.1 Å². The highest BCUT2D eigenvalue weighted by molar-refractivity contribution is 7.99. The van der Waals surface area contributed by atoms with E-state index in [-0.39, 0.29) is 36.1 Å². The molecule has 4 aliphatic carbocycles. The Bertz CT molecular complexity index is 1140. The van der Waals surface area contributed by atoms with E-state index in [1.165, 1.54) is 6.26 Å². The van der Waals surface area contributed by atoms with Crippen molar-refractivity contribution in [3.8, 4) is 0 Å². The Balaban J connectivity index is 1.33. The molecule has 2 N–H and O–H groups in total. The van der Waals surface area contributed by atoms with Gasteiger partial charge in [0.25, 0.3) is 5.91 Å². The van der Waals surface area contributed by atoms with Crippen LogP contribution in [-0.4, -0.2) is 66.3 Å². The van der Waals surface area contributed by atoms with Crippen molar-refractivity contribution in [3.05, 3.63) is 17.7 Å². The van der Waals surface area contributed by atoms with Gasteiger partial charge in [-0.15, -0.1) is 11.8 Å². The number of anilines is 1. The quantitative estimate of drug-likeness (QED) is 0.444. The highest BCUT2D eigenvalue weighted by atomic mass is 32.2. The van der Waals surface area contributed by atoms with Crippen LogP contribution >= 0.6 is 11.8 Å². The fourth-order valence-electron chi connectivity index (χ4n) is 7.64. The number of thioether (sulfide) groups is 1. The Morgan fingerprint density at radius 1 is 1.22 bits per heavy atom. The number of rotatable bonds is 9. The first-order valence-electron chi connectivity index (χ1n) is 13.7. The minimum absolute atomic E-state index is 0.0153. The molecule has 1 amide bonds. The molecule has 1 aliphatic heterocycles. The van der Waals surface area contributed by atoms with Gasteiger partial charge in [0.05, 0.1) is 10.3 Å². The summed E-state index contributed by atoms with van der Waals surface area (Å²) in [5.41, 5.74) is 0.577. The molecule has 0 unspecified atom stereocenters. The zero-order valence-electron chi connectivity index (χ0n) is 21.8.